The van der Waals surface area contributed by atoms with Gasteiger partial charge in [-0.3, -0.25) is 0 Å². The zero-order chi connectivity index (χ0) is 12.7. The van der Waals surface area contributed by atoms with E-state index in [9.17, 15) is 0 Å². The van der Waals surface area contributed by atoms with Crippen LogP contribution in [-0.4, -0.2) is 20.8 Å². The summed E-state index contributed by atoms with van der Waals surface area (Å²) in [6, 6.07) is 0.539. The van der Waals surface area contributed by atoms with Gasteiger partial charge < -0.3 is 5.32 Å². The van der Waals surface area contributed by atoms with Crippen LogP contribution < -0.4 is 5.32 Å². The van der Waals surface area contributed by atoms with E-state index < -0.39 is 0 Å². The first-order chi connectivity index (χ1) is 8.22. The van der Waals surface area contributed by atoms with E-state index in [4.69, 9.17) is 0 Å². The highest BCUT2D eigenvalue weighted by Gasteiger charge is 2.13. The number of nitrogens with one attached hydrogen (secondary N) is 1. The predicted octanol–water partition coefficient (Wildman–Crippen LogP) is 2.60. The minimum atomic E-state index is 0.539. The molecule has 98 valence electrons. The van der Waals surface area contributed by atoms with Crippen LogP contribution in [0.25, 0.3) is 0 Å². The van der Waals surface area contributed by atoms with Crippen molar-refractivity contribution < 1.29 is 0 Å². The molecule has 0 radical (unpaired) electrons. The highest BCUT2D eigenvalue weighted by Crippen LogP contribution is 2.12. The van der Waals surface area contributed by atoms with E-state index in [1.54, 1.807) is 6.33 Å². The maximum Gasteiger partial charge on any atom is 0.140 e. The second-order valence-electron chi connectivity index (χ2n) is 4.65. The topological polar surface area (TPSA) is 42.7 Å². The maximum atomic E-state index is 4.31. The van der Waals surface area contributed by atoms with Crippen molar-refractivity contribution >= 4 is 0 Å². The Hall–Kier alpha value is -0.900. The van der Waals surface area contributed by atoms with E-state index in [-0.39, 0.29) is 0 Å². The van der Waals surface area contributed by atoms with Crippen LogP contribution in [0.1, 0.15) is 52.8 Å². The van der Waals surface area contributed by atoms with Crippen LogP contribution >= 0.6 is 0 Å². The molecule has 1 rings (SSSR count). The zero-order valence-corrected chi connectivity index (χ0v) is 11.6. The Balaban J connectivity index is 2.46. The van der Waals surface area contributed by atoms with E-state index >= 15 is 0 Å². The number of rotatable bonds is 8. The summed E-state index contributed by atoms with van der Waals surface area (Å²) in [6.07, 6.45) is 5.20. The summed E-state index contributed by atoms with van der Waals surface area (Å²) >= 11 is 0. The van der Waals surface area contributed by atoms with E-state index in [0.717, 1.165) is 31.3 Å². The normalized spacial score (nSPS) is 13.2. The molecule has 17 heavy (non-hydrogen) atoms. The molecule has 1 atom stereocenters. The molecule has 1 aromatic rings. The summed E-state index contributed by atoms with van der Waals surface area (Å²) in [7, 11) is 0. The van der Waals surface area contributed by atoms with Crippen molar-refractivity contribution in [1.29, 1.82) is 0 Å². The van der Waals surface area contributed by atoms with Gasteiger partial charge in [0.05, 0.1) is 6.54 Å². The van der Waals surface area contributed by atoms with Crippen molar-refractivity contribution in [1.82, 2.24) is 20.1 Å². The summed E-state index contributed by atoms with van der Waals surface area (Å²) in [5.74, 6) is 1.79. The first-order valence-electron chi connectivity index (χ1n) is 6.82. The molecular weight excluding hydrogens is 212 g/mol. The molecule has 0 aliphatic carbocycles. The van der Waals surface area contributed by atoms with Crippen LogP contribution in [0, 0.1) is 5.92 Å². The molecule has 1 heterocycles. The number of hydrogen-bond donors (Lipinski definition) is 1. The third-order valence-electron chi connectivity index (χ3n) is 3.47. The Kier molecular flexibility index (Phi) is 6.19. The first kappa shape index (κ1) is 14.2. The second-order valence-corrected chi connectivity index (χ2v) is 4.65. The van der Waals surface area contributed by atoms with Gasteiger partial charge in [0.15, 0.2) is 0 Å². The average Bonchev–Trinajstić information content (AvgIpc) is 2.76. The maximum absolute atomic E-state index is 4.31. The largest absolute Gasteiger partial charge is 0.307 e. The first-order valence-corrected chi connectivity index (χ1v) is 6.82. The van der Waals surface area contributed by atoms with Crippen LogP contribution in [0.2, 0.25) is 0 Å². The molecule has 0 aliphatic rings. The summed E-state index contributed by atoms with van der Waals surface area (Å²) in [4.78, 5) is 4.31. The Morgan fingerprint density at radius 2 is 2.00 bits per heavy atom. The molecule has 0 aromatic carbocycles. The van der Waals surface area contributed by atoms with Gasteiger partial charge in [-0.1, -0.05) is 33.6 Å². The molecule has 1 aromatic heterocycles. The summed E-state index contributed by atoms with van der Waals surface area (Å²) in [5.41, 5.74) is 0. The summed E-state index contributed by atoms with van der Waals surface area (Å²) in [6.45, 7) is 10.7. The molecule has 0 fully saturated rings. The van der Waals surface area contributed by atoms with Gasteiger partial charge >= 0.3 is 0 Å². The van der Waals surface area contributed by atoms with Crippen molar-refractivity contribution in [2.75, 3.05) is 0 Å². The van der Waals surface area contributed by atoms with Crippen molar-refractivity contribution in [3.05, 3.63) is 12.2 Å². The molecule has 0 spiro atoms. The lowest BCUT2D eigenvalue weighted by Crippen LogP contribution is -2.33. The molecule has 4 heteroatoms. The predicted molar refractivity (Wildman–Crippen MR) is 70.7 cm³/mol. The molecular formula is C13H26N4. The minimum absolute atomic E-state index is 0.539. The van der Waals surface area contributed by atoms with Gasteiger partial charge in [-0.05, 0) is 19.3 Å². The van der Waals surface area contributed by atoms with Crippen LogP contribution in [0.5, 0.6) is 0 Å². The van der Waals surface area contributed by atoms with Gasteiger partial charge in [-0.15, -0.1) is 0 Å². The lowest BCUT2D eigenvalue weighted by molar-refractivity contribution is 0.347. The lowest BCUT2D eigenvalue weighted by atomic mass is 9.95. The molecule has 0 aliphatic heterocycles. The second kappa shape index (κ2) is 7.43. The Labute approximate surface area is 105 Å². The number of hydrogen-bond acceptors (Lipinski definition) is 3. The molecule has 4 nitrogen and oxygen atoms in total. The minimum Gasteiger partial charge on any atom is -0.307 e. The zero-order valence-electron chi connectivity index (χ0n) is 11.6. The summed E-state index contributed by atoms with van der Waals surface area (Å²) in [5, 5.41) is 7.80. The van der Waals surface area contributed by atoms with Crippen molar-refractivity contribution in [2.24, 2.45) is 5.92 Å². The van der Waals surface area contributed by atoms with Gasteiger partial charge in [0, 0.05) is 12.6 Å². The lowest BCUT2D eigenvalue weighted by Gasteiger charge is -2.22. The van der Waals surface area contributed by atoms with Crippen molar-refractivity contribution in [3.63, 3.8) is 0 Å². The third-order valence-corrected chi connectivity index (χ3v) is 3.47. The summed E-state index contributed by atoms with van der Waals surface area (Å²) < 4.78 is 1.99. The van der Waals surface area contributed by atoms with Gasteiger partial charge in [0.2, 0.25) is 0 Å². The molecule has 1 unspecified atom stereocenters. The molecule has 0 amide bonds. The van der Waals surface area contributed by atoms with Crippen LogP contribution in [0.15, 0.2) is 6.33 Å². The highest BCUT2D eigenvalue weighted by atomic mass is 15.3. The fourth-order valence-corrected chi connectivity index (χ4v) is 2.24. The van der Waals surface area contributed by atoms with E-state index in [2.05, 4.69) is 43.1 Å². The Bertz CT molecular complexity index is 304. The van der Waals surface area contributed by atoms with Gasteiger partial charge in [0.1, 0.15) is 12.2 Å². The fraction of sp³-hybridized carbons (Fsp3) is 0.846. The third kappa shape index (κ3) is 4.11. The smallest absolute Gasteiger partial charge is 0.140 e. The fourth-order valence-electron chi connectivity index (χ4n) is 2.24. The van der Waals surface area contributed by atoms with Crippen LogP contribution in [0.3, 0.4) is 0 Å². The van der Waals surface area contributed by atoms with E-state index in [1.807, 2.05) is 4.68 Å². The van der Waals surface area contributed by atoms with Gasteiger partial charge in [-0.2, -0.15) is 5.10 Å². The average molecular weight is 238 g/mol. The Morgan fingerprint density at radius 3 is 2.59 bits per heavy atom. The van der Waals surface area contributed by atoms with E-state index in [1.165, 1.54) is 12.8 Å². The molecule has 0 saturated heterocycles. The van der Waals surface area contributed by atoms with Gasteiger partial charge in [0.25, 0.3) is 0 Å². The standard InChI is InChI=1S/C13H26N4/c1-5-8-17-13(15-10-16-17)9-14-11(4)12(6-2)7-3/h10-12,14H,5-9H2,1-4H3. The van der Waals surface area contributed by atoms with Crippen molar-refractivity contribution in [3.8, 4) is 0 Å². The van der Waals surface area contributed by atoms with Crippen LogP contribution in [0.4, 0.5) is 0 Å². The quantitative estimate of drug-likeness (QED) is 0.757. The van der Waals surface area contributed by atoms with Crippen molar-refractivity contribution in [2.45, 2.75) is 66.1 Å². The SMILES string of the molecule is CCCn1ncnc1CNC(C)C(CC)CC. The Morgan fingerprint density at radius 1 is 1.29 bits per heavy atom. The molecule has 0 saturated carbocycles. The van der Waals surface area contributed by atoms with E-state index in [0.29, 0.717) is 6.04 Å². The van der Waals surface area contributed by atoms with Crippen LogP contribution in [-0.2, 0) is 13.1 Å². The molecule has 1 N–H and O–H groups in total. The number of aromatic nitrogens is 3. The highest BCUT2D eigenvalue weighted by molar-refractivity contribution is 4.85. The number of aryl methyl sites for hydroxylation is 1. The molecule has 0 bridgehead atoms. The monoisotopic (exact) mass is 238 g/mol. The number of nitrogens with zero attached hydrogens (tertiary/aromatic N) is 3. The van der Waals surface area contributed by atoms with Gasteiger partial charge in [-0.25, -0.2) is 9.67 Å².